The highest BCUT2D eigenvalue weighted by atomic mass is 16.5. The minimum Gasteiger partial charge on any atom is -0.383 e. The Morgan fingerprint density at radius 3 is 2.68 bits per heavy atom. The van der Waals surface area contributed by atoms with Crippen LogP contribution in [0.25, 0.3) is 0 Å². The maximum absolute atomic E-state index is 11.9. The summed E-state index contributed by atoms with van der Waals surface area (Å²) in [7, 11) is 1.62. The van der Waals surface area contributed by atoms with Crippen LogP contribution in [0.4, 0.5) is 0 Å². The molecule has 1 unspecified atom stereocenters. The summed E-state index contributed by atoms with van der Waals surface area (Å²) in [6.07, 6.45) is 0.390. The number of nitrogens with zero attached hydrogens (tertiary/aromatic N) is 1. The molecule has 0 aromatic carbocycles. The molecule has 2 N–H and O–H groups in total. The zero-order valence-corrected chi connectivity index (χ0v) is 12.3. The first kappa shape index (κ1) is 15.9. The lowest BCUT2D eigenvalue weighted by Crippen LogP contribution is -2.46. The van der Waals surface area contributed by atoms with E-state index < -0.39 is 0 Å². The van der Waals surface area contributed by atoms with Gasteiger partial charge in [0.25, 0.3) is 0 Å². The number of likely N-dealkylation sites (tertiary alicyclic amines) is 1. The summed E-state index contributed by atoms with van der Waals surface area (Å²) >= 11 is 0. The summed E-state index contributed by atoms with van der Waals surface area (Å²) in [4.78, 5) is 25.4. The zero-order chi connectivity index (χ0) is 14.5. The van der Waals surface area contributed by atoms with Crippen LogP contribution in [0.3, 0.4) is 0 Å². The topological polar surface area (TPSA) is 70.7 Å². The van der Waals surface area contributed by atoms with Crippen LogP contribution in [0.15, 0.2) is 0 Å². The number of methoxy groups -OCH3 is 1. The molecule has 0 saturated carbocycles. The van der Waals surface area contributed by atoms with Gasteiger partial charge in [-0.15, -0.1) is 0 Å². The van der Waals surface area contributed by atoms with Crippen molar-refractivity contribution in [2.45, 2.75) is 38.8 Å². The molecule has 0 aromatic rings. The Kier molecular flexibility index (Phi) is 5.75. The number of hydrogen-bond acceptors (Lipinski definition) is 4. The fraction of sp³-hybridized carbons (Fsp3) is 0.846. The van der Waals surface area contributed by atoms with Gasteiger partial charge in [-0.05, 0) is 20.8 Å². The Balaban J connectivity index is 2.31. The molecule has 1 rings (SSSR count). The number of rotatable bonds is 6. The first-order chi connectivity index (χ1) is 8.84. The van der Waals surface area contributed by atoms with Crippen LogP contribution in [-0.2, 0) is 14.3 Å². The molecule has 19 heavy (non-hydrogen) atoms. The van der Waals surface area contributed by atoms with E-state index in [9.17, 15) is 9.59 Å². The second kappa shape index (κ2) is 6.86. The summed E-state index contributed by atoms with van der Waals surface area (Å²) in [5.74, 6) is 0.0230. The third kappa shape index (κ3) is 5.16. The van der Waals surface area contributed by atoms with Crippen LogP contribution in [0.1, 0.15) is 27.2 Å². The number of nitrogens with one attached hydrogen (secondary N) is 2. The van der Waals surface area contributed by atoms with Gasteiger partial charge in [-0.3, -0.25) is 9.59 Å². The van der Waals surface area contributed by atoms with E-state index in [1.807, 2.05) is 25.7 Å². The van der Waals surface area contributed by atoms with Crippen molar-refractivity contribution in [2.75, 3.05) is 33.4 Å². The van der Waals surface area contributed by atoms with Crippen LogP contribution in [0, 0.1) is 0 Å². The summed E-state index contributed by atoms with van der Waals surface area (Å²) in [5.41, 5.74) is -0.187. The quantitative estimate of drug-likeness (QED) is 0.653. The van der Waals surface area contributed by atoms with Gasteiger partial charge in [-0.25, -0.2) is 0 Å². The molecule has 2 amide bonds. The van der Waals surface area contributed by atoms with Gasteiger partial charge < -0.3 is 20.3 Å². The van der Waals surface area contributed by atoms with E-state index in [-0.39, 0.29) is 29.9 Å². The molecule has 1 fully saturated rings. The standard InChI is InChI=1S/C13H25N3O3/c1-13(2,3)16-9-10(7-12(16)18)15-11(17)8-14-5-6-19-4/h10,14H,5-9H2,1-4H3,(H,15,17). The molecule has 0 bridgehead atoms. The van der Waals surface area contributed by atoms with E-state index in [0.717, 1.165) is 0 Å². The molecule has 6 nitrogen and oxygen atoms in total. The average Bonchev–Trinajstić information content (AvgIpc) is 2.65. The molecule has 0 aromatic heterocycles. The molecule has 0 radical (unpaired) electrons. The fourth-order valence-electron chi connectivity index (χ4n) is 2.11. The molecule has 0 spiro atoms. The van der Waals surface area contributed by atoms with E-state index in [0.29, 0.717) is 26.1 Å². The van der Waals surface area contributed by atoms with E-state index >= 15 is 0 Å². The first-order valence-electron chi connectivity index (χ1n) is 6.64. The number of ether oxygens (including phenoxy) is 1. The van der Waals surface area contributed by atoms with Gasteiger partial charge in [0.2, 0.25) is 11.8 Å². The molecule has 1 aliphatic heterocycles. The maximum atomic E-state index is 11.9. The van der Waals surface area contributed by atoms with Gasteiger partial charge in [0.1, 0.15) is 0 Å². The normalized spacial score (nSPS) is 19.9. The molecule has 1 aliphatic rings. The Morgan fingerprint density at radius 2 is 2.16 bits per heavy atom. The second-order valence-corrected chi connectivity index (χ2v) is 5.81. The molecular weight excluding hydrogens is 246 g/mol. The van der Waals surface area contributed by atoms with Crippen LogP contribution in [-0.4, -0.2) is 61.6 Å². The van der Waals surface area contributed by atoms with Crippen molar-refractivity contribution in [3.05, 3.63) is 0 Å². The van der Waals surface area contributed by atoms with Crippen LogP contribution in [0.5, 0.6) is 0 Å². The fourth-order valence-corrected chi connectivity index (χ4v) is 2.11. The van der Waals surface area contributed by atoms with E-state index in [4.69, 9.17) is 4.74 Å². The van der Waals surface area contributed by atoms with Gasteiger partial charge in [0.05, 0.1) is 19.2 Å². The monoisotopic (exact) mass is 271 g/mol. The zero-order valence-electron chi connectivity index (χ0n) is 12.3. The third-order valence-corrected chi connectivity index (χ3v) is 3.07. The predicted octanol–water partition coefficient (Wildman–Crippen LogP) is -0.262. The highest BCUT2D eigenvalue weighted by Crippen LogP contribution is 2.21. The van der Waals surface area contributed by atoms with Gasteiger partial charge in [-0.2, -0.15) is 0 Å². The Morgan fingerprint density at radius 1 is 1.47 bits per heavy atom. The van der Waals surface area contributed by atoms with Crippen LogP contribution < -0.4 is 10.6 Å². The Bertz CT molecular complexity index is 326. The molecule has 110 valence electrons. The van der Waals surface area contributed by atoms with Crippen LogP contribution in [0.2, 0.25) is 0 Å². The largest absolute Gasteiger partial charge is 0.383 e. The van der Waals surface area contributed by atoms with Gasteiger partial charge in [0, 0.05) is 32.2 Å². The van der Waals surface area contributed by atoms with Gasteiger partial charge in [-0.1, -0.05) is 0 Å². The molecule has 1 saturated heterocycles. The van der Waals surface area contributed by atoms with Crippen molar-refractivity contribution >= 4 is 11.8 Å². The summed E-state index contributed by atoms with van der Waals surface area (Å²) in [6, 6.07) is -0.0801. The van der Waals surface area contributed by atoms with Gasteiger partial charge >= 0.3 is 0 Å². The highest BCUT2D eigenvalue weighted by molar-refractivity contribution is 5.83. The summed E-state index contributed by atoms with van der Waals surface area (Å²) < 4.78 is 4.88. The Labute approximate surface area is 114 Å². The lowest BCUT2D eigenvalue weighted by molar-refractivity contribution is -0.131. The lowest BCUT2D eigenvalue weighted by Gasteiger charge is -2.32. The SMILES string of the molecule is COCCNCC(=O)NC1CC(=O)N(C(C)(C)C)C1. The number of carbonyl (C=O) groups is 2. The smallest absolute Gasteiger partial charge is 0.234 e. The van der Waals surface area contributed by atoms with Crippen molar-refractivity contribution in [3.8, 4) is 0 Å². The minimum absolute atomic E-state index is 0.0790. The second-order valence-electron chi connectivity index (χ2n) is 5.81. The summed E-state index contributed by atoms with van der Waals surface area (Å²) in [6.45, 7) is 8.06. The van der Waals surface area contributed by atoms with E-state index in [1.165, 1.54) is 0 Å². The number of amides is 2. The number of carbonyl (C=O) groups excluding carboxylic acids is 2. The van der Waals surface area contributed by atoms with Gasteiger partial charge in [0.15, 0.2) is 0 Å². The van der Waals surface area contributed by atoms with Crippen molar-refractivity contribution in [1.29, 1.82) is 0 Å². The molecule has 1 heterocycles. The van der Waals surface area contributed by atoms with Crippen molar-refractivity contribution in [3.63, 3.8) is 0 Å². The maximum Gasteiger partial charge on any atom is 0.234 e. The third-order valence-electron chi connectivity index (χ3n) is 3.07. The molecule has 6 heteroatoms. The first-order valence-corrected chi connectivity index (χ1v) is 6.64. The van der Waals surface area contributed by atoms with Crippen molar-refractivity contribution in [2.24, 2.45) is 0 Å². The van der Waals surface area contributed by atoms with Crippen molar-refractivity contribution in [1.82, 2.24) is 15.5 Å². The molecular formula is C13H25N3O3. The van der Waals surface area contributed by atoms with E-state index in [1.54, 1.807) is 7.11 Å². The predicted molar refractivity (Wildman–Crippen MR) is 72.8 cm³/mol. The number of hydrogen-bond donors (Lipinski definition) is 2. The molecule has 0 aliphatic carbocycles. The molecule has 1 atom stereocenters. The average molecular weight is 271 g/mol. The van der Waals surface area contributed by atoms with Crippen LogP contribution >= 0.6 is 0 Å². The minimum atomic E-state index is -0.187. The Hall–Kier alpha value is -1.14. The lowest BCUT2D eigenvalue weighted by atomic mass is 10.1. The van der Waals surface area contributed by atoms with E-state index in [2.05, 4.69) is 10.6 Å². The highest BCUT2D eigenvalue weighted by Gasteiger charge is 2.36. The summed E-state index contributed by atoms with van der Waals surface area (Å²) in [5, 5.41) is 5.86. The van der Waals surface area contributed by atoms with Crippen molar-refractivity contribution < 1.29 is 14.3 Å².